The molecule has 1 aromatic rings. The molecule has 10 heteroatoms. The van der Waals surface area contributed by atoms with E-state index in [2.05, 4.69) is 0 Å². The molecule has 1 fully saturated rings. The number of benzene rings is 1. The first-order valence-corrected chi connectivity index (χ1v) is 8.76. The number of likely N-dealkylation sites (tertiary alicyclic amines) is 1. The van der Waals surface area contributed by atoms with Gasteiger partial charge >= 0.3 is 12.1 Å². The van der Waals surface area contributed by atoms with Gasteiger partial charge in [0.25, 0.3) is 11.8 Å². The van der Waals surface area contributed by atoms with Crippen molar-refractivity contribution in [2.75, 3.05) is 26.2 Å². The van der Waals surface area contributed by atoms with Crippen molar-refractivity contribution in [3.8, 4) is 0 Å². The molecule has 150 valence electrons. The van der Waals surface area contributed by atoms with E-state index in [0.29, 0.717) is 12.8 Å². The topological polar surface area (TPSA) is 86.8 Å². The summed E-state index contributed by atoms with van der Waals surface area (Å²) in [5, 5.41) is 1.85. The van der Waals surface area contributed by atoms with Gasteiger partial charge in [0, 0.05) is 19.6 Å². The van der Waals surface area contributed by atoms with Crippen LogP contribution in [0, 0.1) is 5.92 Å². The van der Waals surface area contributed by atoms with Crippen molar-refractivity contribution in [2.24, 2.45) is 5.92 Å². The summed E-state index contributed by atoms with van der Waals surface area (Å²) in [6, 6.07) is 6.33. The second-order valence-corrected chi connectivity index (χ2v) is 6.77. The molecule has 0 saturated carbocycles. The number of carbonyl (C=O) groups excluding carboxylic acids is 4. The molecule has 3 rings (SSSR count). The fraction of sp³-hybridized carbons (Fsp3) is 0.444. The Balaban J connectivity index is 1.49. The van der Waals surface area contributed by atoms with Crippen molar-refractivity contribution in [3.63, 3.8) is 0 Å². The first kappa shape index (κ1) is 19.8. The summed E-state index contributed by atoms with van der Waals surface area (Å²) in [5.74, 6) is -3.57. The predicted octanol–water partition coefficient (Wildman–Crippen LogP) is 1.20. The van der Waals surface area contributed by atoms with Gasteiger partial charge in [0.05, 0.1) is 11.1 Å². The highest BCUT2D eigenvalue weighted by Crippen LogP contribution is 2.23. The number of nitrogens with one attached hydrogen (secondary N) is 1. The minimum Gasteiger partial charge on any atom is -0.348 e. The molecule has 0 aliphatic carbocycles. The first-order valence-electron chi connectivity index (χ1n) is 8.76. The SMILES string of the molecule is O=C(CN1C(=O)c2ccccc2C1=O)N1CCC(CNC(=O)C(F)(F)F)CC1. The van der Waals surface area contributed by atoms with Crippen molar-refractivity contribution < 1.29 is 32.3 Å². The highest BCUT2D eigenvalue weighted by atomic mass is 19.4. The first-order chi connectivity index (χ1) is 13.2. The molecule has 2 aliphatic rings. The molecule has 0 atom stereocenters. The molecule has 2 heterocycles. The predicted molar refractivity (Wildman–Crippen MR) is 90.2 cm³/mol. The maximum atomic E-state index is 12.5. The molecule has 0 spiro atoms. The van der Waals surface area contributed by atoms with E-state index in [4.69, 9.17) is 0 Å². The van der Waals surface area contributed by atoms with Gasteiger partial charge in [-0.3, -0.25) is 24.1 Å². The number of alkyl halides is 3. The lowest BCUT2D eigenvalue weighted by molar-refractivity contribution is -0.173. The van der Waals surface area contributed by atoms with Gasteiger partial charge in [-0.05, 0) is 30.9 Å². The summed E-state index contributed by atoms with van der Waals surface area (Å²) in [6.45, 7) is 0.0870. The second-order valence-electron chi connectivity index (χ2n) is 6.77. The zero-order valence-corrected chi connectivity index (χ0v) is 14.8. The molecular formula is C18H18F3N3O4. The molecule has 1 N–H and O–H groups in total. The molecule has 0 bridgehead atoms. The Morgan fingerprint density at radius 2 is 1.57 bits per heavy atom. The van der Waals surface area contributed by atoms with Gasteiger partial charge in [-0.1, -0.05) is 12.1 Å². The monoisotopic (exact) mass is 397 g/mol. The number of hydrogen-bond acceptors (Lipinski definition) is 4. The Hall–Kier alpha value is -2.91. The quantitative estimate of drug-likeness (QED) is 0.774. The van der Waals surface area contributed by atoms with E-state index in [-0.39, 0.29) is 43.2 Å². The van der Waals surface area contributed by atoms with Crippen LogP contribution < -0.4 is 5.32 Å². The summed E-state index contributed by atoms with van der Waals surface area (Å²) in [7, 11) is 0. The summed E-state index contributed by atoms with van der Waals surface area (Å²) in [5.41, 5.74) is 0.527. The molecule has 7 nitrogen and oxygen atoms in total. The Morgan fingerprint density at radius 1 is 1.04 bits per heavy atom. The van der Waals surface area contributed by atoms with E-state index in [1.54, 1.807) is 12.1 Å². The van der Waals surface area contributed by atoms with Crippen molar-refractivity contribution >= 4 is 23.6 Å². The van der Waals surface area contributed by atoms with Gasteiger partial charge in [-0.15, -0.1) is 0 Å². The number of rotatable bonds is 4. The Bertz CT molecular complexity index is 782. The number of halogens is 3. The van der Waals surface area contributed by atoms with E-state index in [0.717, 1.165) is 4.90 Å². The maximum Gasteiger partial charge on any atom is 0.471 e. The largest absolute Gasteiger partial charge is 0.471 e. The molecule has 0 unspecified atom stereocenters. The summed E-state index contributed by atoms with van der Waals surface area (Å²) < 4.78 is 36.6. The Labute approximate surface area is 158 Å². The number of hydrogen-bond donors (Lipinski definition) is 1. The van der Waals surface area contributed by atoms with Gasteiger partial charge < -0.3 is 10.2 Å². The van der Waals surface area contributed by atoms with E-state index >= 15 is 0 Å². The fourth-order valence-corrected chi connectivity index (χ4v) is 3.34. The minimum absolute atomic E-state index is 0.112. The van der Waals surface area contributed by atoms with Crippen LogP contribution in [0.1, 0.15) is 33.6 Å². The third-order valence-corrected chi connectivity index (χ3v) is 4.95. The molecule has 0 radical (unpaired) electrons. The zero-order valence-electron chi connectivity index (χ0n) is 14.8. The normalized spacial score (nSPS) is 17.7. The number of imide groups is 1. The van der Waals surface area contributed by atoms with Crippen LogP contribution in [0.3, 0.4) is 0 Å². The summed E-state index contributed by atoms with van der Waals surface area (Å²) in [6.07, 6.45) is -4.07. The van der Waals surface area contributed by atoms with Gasteiger partial charge in [-0.2, -0.15) is 13.2 Å². The third kappa shape index (κ3) is 4.00. The highest BCUT2D eigenvalue weighted by molar-refractivity contribution is 6.22. The van der Waals surface area contributed by atoms with Crippen molar-refractivity contribution in [3.05, 3.63) is 35.4 Å². The number of nitrogens with zero attached hydrogens (tertiary/aromatic N) is 2. The third-order valence-electron chi connectivity index (χ3n) is 4.95. The summed E-state index contributed by atoms with van der Waals surface area (Å²) >= 11 is 0. The van der Waals surface area contributed by atoms with Crippen LogP contribution in [-0.4, -0.2) is 65.8 Å². The minimum atomic E-state index is -4.91. The number of amides is 4. The van der Waals surface area contributed by atoms with E-state index in [1.807, 2.05) is 5.32 Å². The van der Waals surface area contributed by atoms with Crippen molar-refractivity contribution in [1.82, 2.24) is 15.1 Å². The van der Waals surface area contributed by atoms with Crippen molar-refractivity contribution in [2.45, 2.75) is 19.0 Å². The van der Waals surface area contributed by atoms with Crippen LogP contribution >= 0.6 is 0 Å². The lowest BCUT2D eigenvalue weighted by Gasteiger charge is -2.32. The van der Waals surface area contributed by atoms with Gasteiger partial charge in [0.1, 0.15) is 6.54 Å². The molecule has 0 aromatic heterocycles. The molecule has 4 amide bonds. The van der Waals surface area contributed by atoms with E-state index in [1.165, 1.54) is 17.0 Å². The lowest BCUT2D eigenvalue weighted by Crippen LogP contribution is -2.47. The zero-order chi connectivity index (χ0) is 20.5. The van der Waals surface area contributed by atoms with Gasteiger partial charge in [0.2, 0.25) is 5.91 Å². The van der Waals surface area contributed by atoms with E-state index in [9.17, 15) is 32.3 Å². The standard InChI is InChI=1S/C18H18F3N3O4/c19-18(20,21)17(28)22-9-11-5-7-23(8-6-11)14(25)10-24-15(26)12-3-1-2-4-13(12)16(24)27/h1-4,11H,5-10H2,(H,22,28). The van der Waals surface area contributed by atoms with E-state index < -0.39 is 29.8 Å². The molecule has 28 heavy (non-hydrogen) atoms. The molecular weight excluding hydrogens is 379 g/mol. The average molecular weight is 397 g/mol. The van der Waals surface area contributed by atoms with Crippen LogP contribution in [0.5, 0.6) is 0 Å². The number of piperidine rings is 1. The van der Waals surface area contributed by atoms with Crippen LogP contribution in [0.15, 0.2) is 24.3 Å². The highest BCUT2D eigenvalue weighted by Gasteiger charge is 2.39. The van der Waals surface area contributed by atoms with Crippen LogP contribution in [0.25, 0.3) is 0 Å². The molecule has 1 saturated heterocycles. The maximum absolute atomic E-state index is 12.5. The van der Waals surface area contributed by atoms with Crippen LogP contribution in [0.2, 0.25) is 0 Å². The average Bonchev–Trinajstić information content (AvgIpc) is 2.91. The smallest absolute Gasteiger partial charge is 0.348 e. The van der Waals surface area contributed by atoms with Crippen LogP contribution in [-0.2, 0) is 9.59 Å². The Morgan fingerprint density at radius 3 is 2.07 bits per heavy atom. The van der Waals surface area contributed by atoms with Gasteiger partial charge in [0.15, 0.2) is 0 Å². The fourth-order valence-electron chi connectivity index (χ4n) is 3.34. The number of carbonyl (C=O) groups is 4. The summed E-state index contributed by atoms with van der Waals surface area (Å²) in [4.78, 5) is 50.3. The van der Waals surface area contributed by atoms with Crippen LogP contribution in [0.4, 0.5) is 13.2 Å². The molecule has 2 aliphatic heterocycles. The Kier molecular flexibility index (Phi) is 5.39. The number of fused-ring (bicyclic) bond motifs is 1. The van der Waals surface area contributed by atoms with Gasteiger partial charge in [-0.25, -0.2) is 0 Å². The molecule has 1 aromatic carbocycles. The van der Waals surface area contributed by atoms with Crippen molar-refractivity contribution in [1.29, 1.82) is 0 Å². The lowest BCUT2D eigenvalue weighted by atomic mass is 9.96. The second kappa shape index (κ2) is 7.61.